The average Bonchev–Trinajstić information content (AvgIpc) is 3.27. The summed E-state index contributed by atoms with van der Waals surface area (Å²) in [4.78, 5) is 9.04. The number of halogens is 1. The fraction of sp³-hybridized carbons (Fsp3) is 0.217. The minimum absolute atomic E-state index is 0.110. The molecule has 2 heterocycles. The van der Waals surface area contributed by atoms with E-state index in [4.69, 9.17) is 35.5 Å². The van der Waals surface area contributed by atoms with Gasteiger partial charge in [-0.3, -0.25) is 0 Å². The molecule has 0 aliphatic rings. The van der Waals surface area contributed by atoms with E-state index in [0.717, 1.165) is 46.5 Å². The molecule has 0 radical (unpaired) electrons. The Kier molecular flexibility index (Phi) is 14.5. The lowest BCUT2D eigenvalue weighted by atomic mass is 10.0. The predicted octanol–water partition coefficient (Wildman–Crippen LogP) is 10.5. The second kappa shape index (κ2) is 20.5. The van der Waals surface area contributed by atoms with Crippen LogP contribution in [0.2, 0.25) is 5.28 Å². The molecule has 1 N–H and O–H groups in total. The molecule has 0 bridgehead atoms. The Morgan fingerprint density at radius 2 is 1.05 bits per heavy atom. The normalized spacial score (nSPS) is 11.1. The standard InChI is InChI=1S/C28H30N4O2.C18H16ClN3O2/c1-4-11-24(22-14-9-6-10-15-22)29-28-30-27(20(2)31-32-28)23-16-17-25(26(18-23)33-3)34-19-21-12-7-5-8-13-21;1-12-17(20-18(19)22-21-12)14-8-9-15(16(10-14)23-2)24-11-13-6-4-3-5-7-13/h5-10,12-18,24H,4,11,19H2,1-3H3,(H,29,30,32);3-10H,11H2,1-2H3. The summed E-state index contributed by atoms with van der Waals surface area (Å²) in [6, 6.07) is 41.9. The highest BCUT2D eigenvalue weighted by molar-refractivity contribution is 6.28. The van der Waals surface area contributed by atoms with Crippen molar-refractivity contribution < 1.29 is 18.9 Å². The molecule has 2 aromatic heterocycles. The SMILES string of the molecule is CCCC(Nc1nnc(C)c(-c2ccc(OCc3ccccc3)c(OC)c2)n1)c1ccccc1.COc1cc(-c2nc(Cl)nnc2C)ccc1OCc1ccccc1. The highest BCUT2D eigenvalue weighted by Crippen LogP contribution is 2.35. The summed E-state index contributed by atoms with van der Waals surface area (Å²) in [5, 5.41) is 20.0. The molecule has 58 heavy (non-hydrogen) atoms. The van der Waals surface area contributed by atoms with E-state index in [-0.39, 0.29) is 11.3 Å². The van der Waals surface area contributed by atoms with Gasteiger partial charge in [0.05, 0.1) is 43.0 Å². The Morgan fingerprint density at radius 3 is 1.55 bits per heavy atom. The minimum Gasteiger partial charge on any atom is -0.493 e. The molecular weight excluding hydrogens is 750 g/mol. The first-order chi connectivity index (χ1) is 28.3. The molecule has 0 spiro atoms. The number of methoxy groups -OCH3 is 2. The molecule has 0 saturated heterocycles. The third kappa shape index (κ3) is 11.0. The van der Waals surface area contributed by atoms with Gasteiger partial charge in [-0.1, -0.05) is 104 Å². The van der Waals surface area contributed by atoms with Crippen LogP contribution in [0.25, 0.3) is 22.5 Å². The van der Waals surface area contributed by atoms with Crippen LogP contribution < -0.4 is 24.3 Å². The maximum atomic E-state index is 6.00. The van der Waals surface area contributed by atoms with E-state index in [1.807, 2.05) is 129 Å². The van der Waals surface area contributed by atoms with Crippen molar-refractivity contribution in [3.05, 3.63) is 161 Å². The Labute approximate surface area is 344 Å². The zero-order chi connectivity index (χ0) is 40.7. The van der Waals surface area contributed by atoms with Gasteiger partial charge in [0, 0.05) is 11.1 Å². The molecule has 1 unspecified atom stereocenters. The van der Waals surface area contributed by atoms with Crippen LogP contribution in [0, 0.1) is 13.8 Å². The molecule has 1 atom stereocenters. The molecule has 0 aliphatic carbocycles. The highest BCUT2D eigenvalue weighted by atomic mass is 35.5. The smallest absolute Gasteiger partial charge is 0.243 e. The lowest BCUT2D eigenvalue weighted by Gasteiger charge is -2.19. The monoisotopic (exact) mass is 795 g/mol. The summed E-state index contributed by atoms with van der Waals surface area (Å²) in [6.45, 7) is 6.85. The molecule has 11 nitrogen and oxygen atoms in total. The van der Waals surface area contributed by atoms with Crippen LogP contribution in [-0.4, -0.2) is 44.6 Å². The van der Waals surface area contributed by atoms with Gasteiger partial charge in [-0.2, -0.15) is 5.10 Å². The molecule has 7 rings (SSSR count). The van der Waals surface area contributed by atoms with Crippen molar-refractivity contribution in [2.45, 2.75) is 52.9 Å². The Bertz CT molecular complexity index is 2370. The number of aromatic nitrogens is 6. The van der Waals surface area contributed by atoms with Crippen molar-refractivity contribution in [2.24, 2.45) is 0 Å². The largest absolute Gasteiger partial charge is 0.493 e. The molecule has 0 saturated carbocycles. The fourth-order valence-electron chi connectivity index (χ4n) is 6.14. The van der Waals surface area contributed by atoms with Crippen molar-refractivity contribution in [1.82, 2.24) is 30.4 Å². The van der Waals surface area contributed by atoms with Crippen LogP contribution >= 0.6 is 11.6 Å². The van der Waals surface area contributed by atoms with Crippen molar-refractivity contribution in [3.63, 3.8) is 0 Å². The Morgan fingerprint density at radius 1 is 0.569 bits per heavy atom. The van der Waals surface area contributed by atoms with Crippen LogP contribution in [0.15, 0.2) is 127 Å². The van der Waals surface area contributed by atoms with Crippen LogP contribution in [0.4, 0.5) is 5.95 Å². The quantitative estimate of drug-likeness (QED) is 0.107. The lowest BCUT2D eigenvalue weighted by molar-refractivity contribution is 0.284. The number of ether oxygens (including phenoxy) is 4. The molecule has 5 aromatic carbocycles. The van der Waals surface area contributed by atoms with Gasteiger partial charge >= 0.3 is 0 Å². The van der Waals surface area contributed by atoms with Gasteiger partial charge in [-0.25, -0.2) is 9.97 Å². The van der Waals surface area contributed by atoms with Crippen molar-refractivity contribution >= 4 is 17.5 Å². The zero-order valence-corrected chi connectivity index (χ0v) is 34.0. The summed E-state index contributed by atoms with van der Waals surface area (Å²) in [7, 11) is 3.24. The molecule has 0 fully saturated rings. The van der Waals surface area contributed by atoms with Gasteiger partial charge in [0.1, 0.15) is 13.2 Å². The van der Waals surface area contributed by atoms with Crippen LogP contribution in [0.5, 0.6) is 23.0 Å². The predicted molar refractivity (Wildman–Crippen MR) is 227 cm³/mol. The van der Waals surface area contributed by atoms with Gasteiger partial charge in [-0.15, -0.1) is 15.3 Å². The Balaban J connectivity index is 0.000000208. The van der Waals surface area contributed by atoms with E-state index in [1.165, 1.54) is 5.56 Å². The first kappa shape index (κ1) is 41.1. The van der Waals surface area contributed by atoms with Crippen LogP contribution in [0.1, 0.15) is 53.9 Å². The van der Waals surface area contributed by atoms with E-state index >= 15 is 0 Å². The summed E-state index contributed by atoms with van der Waals surface area (Å²) >= 11 is 5.85. The summed E-state index contributed by atoms with van der Waals surface area (Å²) in [5.41, 5.74) is 8.00. The maximum Gasteiger partial charge on any atom is 0.243 e. The summed E-state index contributed by atoms with van der Waals surface area (Å²) in [5.74, 6) is 3.12. The van der Waals surface area contributed by atoms with Gasteiger partial charge in [-0.05, 0) is 85.0 Å². The van der Waals surface area contributed by atoms with Gasteiger partial charge in [0.2, 0.25) is 11.2 Å². The summed E-state index contributed by atoms with van der Waals surface area (Å²) < 4.78 is 22.9. The number of nitrogens with zero attached hydrogens (tertiary/aromatic N) is 6. The zero-order valence-electron chi connectivity index (χ0n) is 33.2. The second-order valence-electron chi connectivity index (χ2n) is 13.3. The number of nitrogens with one attached hydrogen (secondary N) is 1. The molecular formula is C46H46ClN7O4. The van der Waals surface area contributed by atoms with E-state index in [9.17, 15) is 0 Å². The molecule has 12 heteroatoms. The molecule has 0 aliphatic heterocycles. The van der Waals surface area contributed by atoms with Crippen LogP contribution in [0.3, 0.4) is 0 Å². The lowest BCUT2D eigenvalue weighted by Crippen LogP contribution is -2.14. The average molecular weight is 796 g/mol. The number of anilines is 1. The number of hydrogen-bond acceptors (Lipinski definition) is 11. The molecule has 7 aromatic rings. The highest BCUT2D eigenvalue weighted by Gasteiger charge is 2.17. The van der Waals surface area contributed by atoms with E-state index in [0.29, 0.717) is 53.5 Å². The Hall–Kier alpha value is -6.59. The third-order valence-corrected chi connectivity index (χ3v) is 9.28. The third-order valence-electron chi connectivity index (χ3n) is 9.12. The molecule has 296 valence electrons. The maximum absolute atomic E-state index is 6.00. The number of rotatable bonds is 15. The summed E-state index contributed by atoms with van der Waals surface area (Å²) in [6.07, 6.45) is 2.01. The topological polar surface area (TPSA) is 126 Å². The first-order valence-corrected chi connectivity index (χ1v) is 19.3. The van der Waals surface area contributed by atoms with Gasteiger partial charge in [0.15, 0.2) is 23.0 Å². The van der Waals surface area contributed by atoms with E-state index < -0.39 is 0 Å². The number of benzene rings is 5. The van der Waals surface area contributed by atoms with Gasteiger partial charge < -0.3 is 24.3 Å². The fourth-order valence-corrected chi connectivity index (χ4v) is 6.26. The van der Waals surface area contributed by atoms with Crippen LogP contribution in [-0.2, 0) is 13.2 Å². The number of aryl methyl sites for hydroxylation is 2. The first-order valence-electron chi connectivity index (χ1n) is 18.9. The van der Waals surface area contributed by atoms with E-state index in [2.05, 4.69) is 49.8 Å². The van der Waals surface area contributed by atoms with Crippen molar-refractivity contribution in [2.75, 3.05) is 19.5 Å². The second-order valence-corrected chi connectivity index (χ2v) is 13.6. The molecule has 0 amide bonds. The van der Waals surface area contributed by atoms with E-state index in [1.54, 1.807) is 14.2 Å². The van der Waals surface area contributed by atoms with Gasteiger partial charge in [0.25, 0.3) is 0 Å². The van der Waals surface area contributed by atoms with Crippen molar-refractivity contribution in [3.8, 4) is 45.5 Å². The number of hydrogen-bond donors (Lipinski definition) is 1. The minimum atomic E-state index is 0.110. The van der Waals surface area contributed by atoms with Crippen molar-refractivity contribution in [1.29, 1.82) is 0 Å².